The number of carbonyl (C=O) groups is 1. The van der Waals surface area contributed by atoms with Crippen molar-refractivity contribution in [3.63, 3.8) is 0 Å². The molecule has 0 radical (unpaired) electrons. The first-order valence-electron chi connectivity index (χ1n) is 7.29. The molecule has 108 valence electrons. The third-order valence-corrected chi connectivity index (χ3v) is 5.49. The Hall–Kier alpha value is -1.19. The Bertz CT molecular complexity index is 692. The molecule has 2 aromatic rings. The molecule has 0 saturated carbocycles. The van der Waals surface area contributed by atoms with Crippen molar-refractivity contribution in [3.05, 3.63) is 58.7 Å². The van der Waals surface area contributed by atoms with E-state index in [2.05, 4.69) is 32.0 Å². The highest BCUT2D eigenvalue weighted by Crippen LogP contribution is 2.37. The lowest BCUT2D eigenvalue weighted by Crippen LogP contribution is -2.16. The van der Waals surface area contributed by atoms with Crippen LogP contribution < -0.4 is 0 Å². The monoisotopic (exact) mass is 314 g/mol. The number of thioether (sulfide) groups is 2. The Morgan fingerprint density at radius 1 is 1.00 bits per heavy atom. The summed E-state index contributed by atoms with van der Waals surface area (Å²) in [7, 11) is 0. The second-order valence-corrected chi connectivity index (χ2v) is 7.62. The van der Waals surface area contributed by atoms with E-state index >= 15 is 0 Å². The summed E-state index contributed by atoms with van der Waals surface area (Å²) in [6.07, 6.45) is 0.872. The average molecular weight is 314 g/mol. The van der Waals surface area contributed by atoms with Crippen molar-refractivity contribution in [2.24, 2.45) is 0 Å². The lowest BCUT2D eigenvalue weighted by atomic mass is 9.85. The molecule has 0 saturated heterocycles. The first-order chi connectivity index (χ1) is 10.2. The summed E-state index contributed by atoms with van der Waals surface area (Å²) in [6.45, 7) is 4.31. The number of ketones is 1. The fourth-order valence-corrected chi connectivity index (χ4v) is 4.46. The van der Waals surface area contributed by atoms with Crippen LogP contribution in [0.4, 0.5) is 0 Å². The molecule has 1 aliphatic rings. The predicted octanol–water partition coefficient (Wildman–Crippen LogP) is 5.05. The second kappa shape index (κ2) is 6.29. The van der Waals surface area contributed by atoms with E-state index < -0.39 is 0 Å². The number of carbonyl (C=O) groups excluding carboxylic acids is 1. The fraction of sp³-hybridized carbons (Fsp3) is 0.278. The lowest BCUT2D eigenvalue weighted by molar-refractivity contribution is 0.103. The molecule has 0 amide bonds. The molecule has 0 fully saturated rings. The Morgan fingerprint density at radius 2 is 1.76 bits per heavy atom. The van der Waals surface area contributed by atoms with E-state index in [0.29, 0.717) is 0 Å². The Labute approximate surface area is 134 Å². The minimum atomic E-state index is 0.184. The SMILES string of the molecule is CCSc1cc(SCC)c2c(c1)C(=O)c1ccccc1C2. The maximum Gasteiger partial charge on any atom is 0.193 e. The predicted molar refractivity (Wildman–Crippen MR) is 91.9 cm³/mol. The summed E-state index contributed by atoms with van der Waals surface area (Å²) in [5.41, 5.74) is 4.15. The van der Waals surface area contributed by atoms with Gasteiger partial charge >= 0.3 is 0 Å². The largest absolute Gasteiger partial charge is 0.289 e. The van der Waals surface area contributed by atoms with E-state index in [0.717, 1.165) is 34.6 Å². The molecule has 3 rings (SSSR count). The van der Waals surface area contributed by atoms with Gasteiger partial charge in [-0.25, -0.2) is 0 Å². The van der Waals surface area contributed by atoms with Crippen LogP contribution >= 0.6 is 23.5 Å². The topological polar surface area (TPSA) is 17.1 Å². The Morgan fingerprint density at radius 3 is 2.52 bits per heavy atom. The fourth-order valence-electron chi connectivity index (χ4n) is 2.77. The van der Waals surface area contributed by atoms with E-state index in [9.17, 15) is 4.79 Å². The second-order valence-electron chi connectivity index (χ2n) is 4.98. The van der Waals surface area contributed by atoms with Gasteiger partial charge in [0.1, 0.15) is 0 Å². The zero-order valence-corrected chi connectivity index (χ0v) is 13.9. The van der Waals surface area contributed by atoms with Gasteiger partial charge in [0.25, 0.3) is 0 Å². The lowest BCUT2D eigenvalue weighted by Gasteiger charge is -2.22. The van der Waals surface area contributed by atoms with E-state index in [1.807, 2.05) is 30.0 Å². The van der Waals surface area contributed by atoms with Crippen LogP contribution in [-0.4, -0.2) is 17.3 Å². The van der Waals surface area contributed by atoms with Gasteiger partial charge in [0.2, 0.25) is 0 Å². The molecule has 1 aliphatic carbocycles. The summed E-state index contributed by atoms with van der Waals surface area (Å²) >= 11 is 3.65. The molecule has 3 heteroatoms. The molecule has 2 aromatic carbocycles. The number of hydrogen-bond donors (Lipinski definition) is 0. The summed E-state index contributed by atoms with van der Waals surface area (Å²) in [6, 6.07) is 12.3. The standard InChI is InChI=1S/C18H18OS2/c1-3-20-13-10-16-15(17(11-13)21-4-2)9-12-7-5-6-8-14(12)18(16)19/h5-8,10-11H,3-4,9H2,1-2H3. The van der Waals surface area contributed by atoms with Crippen LogP contribution in [0.25, 0.3) is 0 Å². The van der Waals surface area contributed by atoms with E-state index in [1.165, 1.54) is 15.4 Å². The maximum absolute atomic E-state index is 12.8. The smallest absolute Gasteiger partial charge is 0.193 e. The molecule has 0 aliphatic heterocycles. The van der Waals surface area contributed by atoms with Crippen molar-refractivity contribution >= 4 is 29.3 Å². The first-order valence-corrected chi connectivity index (χ1v) is 9.26. The van der Waals surface area contributed by atoms with Gasteiger partial charge in [-0.1, -0.05) is 38.1 Å². The van der Waals surface area contributed by atoms with E-state index in [4.69, 9.17) is 0 Å². The van der Waals surface area contributed by atoms with Crippen molar-refractivity contribution in [2.75, 3.05) is 11.5 Å². The third-order valence-electron chi connectivity index (χ3n) is 3.67. The molecule has 0 aromatic heterocycles. The van der Waals surface area contributed by atoms with Gasteiger partial charge < -0.3 is 0 Å². The van der Waals surface area contributed by atoms with Crippen LogP contribution in [0.3, 0.4) is 0 Å². The number of rotatable bonds is 4. The molecule has 0 unspecified atom stereocenters. The highest BCUT2D eigenvalue weighted by molar-refractivity contribution is 8.00. The van der Waals surface area contributed by atoms with Gasteiger partial charge in [-0.05, 0) is 34.8 Å². The molecule has 0 heterocycles. The maximum atomic E-state index is 12.8. The summed E-state index contributed by atoms with van der Waals surface area (Å²) in [5, 5.41) is 0. The minimum absolute atomic E-state index is 0.184. The zero-order valence-electron chi connectivity index (χ0n) is 12.3. The van der Waals surface area contributed by atoms with Crippen LogP contribution in [0.1, 0.15) is 40.9 Å². The highest BCUT2D eigenvalue weighted by Gasteiger charge is 2.25. The Balaban J connectivity index is 2.14. The number of hydrogen-bond acceptors (Lipinski definition) is 3. The van der Waals surface area contributed by atoms with Crippen molar-refractivity contribution in [1.82, 2.24) is 0 Å². The molecule has 1 nitrogen and oxygen atoms in total. The van der Waals surface area contributed by atoms with E-state index in [-0.39, 0.29) is 5.78 Å². The van der Waals surface area contributed by atoms with Crippen molar-refractivity contribution in [3.8, 4) is 0 Å². The zero-order chi connectivity index (χ0) is 14.8. The van der Waals surface area contributed by atoms with Crippen LogP contribution in [0.5, 0.6) is 0 Å². The summed E-state index contributed by atoms with van der Waals surface area (Å²) < 4.78 is 0. The number of benzene rings is 2. The van der Waals surface area contributed by atoms with Gasteiger partial charge in [-0.2, -0.15) is 0 Å². The van der Waals surface area contributed by atoms with Crippen molar-refractivity contribution < 1.29 is 4.79 Å². The molecule has 21 heavy (non-hydrogen) atoms. The third kappa shape index (κ3) is 2.77. The highest BCUT2D eigenvalue weighted by atomic mass is 32.2. The van der Waals surface area contributed by atoms with Crippen molar-refractivity contribution in [1.29, 1.82) is 0 Å². The van der Waals surface area contributed by atoms with Crippen molar-refractivity contribution in [2.45, 2.75) is 30.1 Å². The van der Waals surface area contributed by atoms with Gasteiger partial charge in [0, 0.05) is 27.3 Å². The quantitative estimate of drug-likeness (QED) is 0.628. The molecular formula is C18H18OS2. The molecule has 0 atom stereocenters. The molecule has 0 bridgehead atoms. The summed E-state index contributed by atoms with van der Waals surface area (Å²) in [5.74, 6) is 2.24. The van der Waals surface area contributed by atoms with E-state index in [1.54, 1.807) is 11.8 Å². The van der Waals surface area contributed by atoms with Crippen LogP contribution in [0.15, 0.2) is 46.2 Å². The van der Waals surface area contributed by atoms with Gasteiger partial charge in [0.05, 0.1) is 0 Å². The Kier molecular flexibility index (Phi) is 4.41. The number of fused-ring (bicyclic) bond motifs is 2. The summed E-state index contributed by atoms with van der Waals surface area (Å²) in [4.78, 5) is 15.3. The van der Waals surface area contributed by atoms with Crippen LogP contribution in [0, 0.1) is 0 Å². The van der Waals surface area contributed by atoms with Gasteiger partial charge in [0.15, 0.2) is 5.78 Å². The average Bonchev–Trinajstić information content (AvgIpc) is 2.49. The normalized spacial score (nSPS) is 13.0. The molecule has 0 spiro atoms. The van der Waals surface area contributed by atoms with Gasteiger partial charge in [-0.3, -0.25) is 4.79 Å². The van der Waals surface area contributed by atoms with Gasteiger partial charge in [-0.15, -0.1) is 23.5 Å². The molecular weight excluding hydrogens is 296 g/mol. The molecule has 0 N–H and O–H groups in total. The van der Waals surface area contributed by atoms with Crippen LogP contribution in [0.2, 0.25) is 0 Å². The minimum Gasteiger partial charge on any atom is -0.289 e. The van der Waals surface area contributed by atoms with Crippen LogP contribution in [-0.2, 0) is 6.42 Å². The first kappa shape index (κ1) is 14.7.